The van der Waals surface area contributed by atoms with Crippen LogP contribution in [-0.2, 0) is 13.1 Å². The molecule has 1 aliphatic carbocycles. The molecule has 0 atom stereocenters. The zero-order valence-corrected chi connectivity index (χ0v) is 16.7. The van der Waals surface area contributed by atoms with E-state index in [9.17, 15) is 0 Å². The van der Waals surface area contributed by atoms with Gasteiger partial charge < -0.3 is 15.5 Å². The Morgan fingerprint density at radius 2 is 1.96 bits per heavy atom. The molecule has 0 heterocycles. The highest BCUT2D eigenvalue weighted by Gasteiger charge is 2.11. The van der Waals surface area contributed by atoms with Gasteiger partial charge in [0.2, 0.25) is 0 Å². The van der Waals surface area contributed by atoms with Crippen LogP contribution in [0.2, 0.25) is 0 Å². The zero-order valence-electron chi connectivity index (χ0n) is 14.4. The summed E-state index contributed by atoms with van der Waals surface area (Å²) in [6.45, 7) is 5.03. The number of nitrogens with one attached hydrogen (secondary N) is 2. The number of guanidine groups is 1. The third-order valence-corrected chi connectivity index (χ3v) is 4.02. The van der Waals surface area contributed by atoms with Gasteiger partial charge in [0.05, 0.1) is 0 Å². The first-order valence-corrected chi connectivity index (χ1v) is 8.09. The van der Waals surface area contributed by atoms with Crippen LogP contribution >= 0.6 is 24.0 Å². The van der Waals surface area contributed by atoms with E-state index in [4.69, 9.17) is 0 Å². The summed E-state index contributed by atoms with van der Waals surface area (Å²) < 4.78 is 0. The quantitative estimate of drug-likeness (QED) is 0.317. The highest BCUT2D eigenvalue weighted by Crippen LogP contribution is 2.09. The van der Waals surface area contributed by atoms with E-state index in [-0.39, 0.29) is 24.0 Å². The number of aliphatic imine (C=N–C) groups is 1. The van der Waals surface area contributed by atoms with E-state index >= 15 is 0 Å². The second kappa shape index (κ2) is 10.6. The van der Waals surface area contributed by atoms with Gasteiger partial charge in [0.25, 0.3) is 0 Å². The third-order valence-electron chi connectivity index (χ3n) is 4.02. The summed E-state index contributed by atoms with van der Waals surface area (Å²) in [6.07, 6.45) is 6.61. The Balaban J connectivity index is 0.00000264. The maximum Gasteiger partial charge on any atom is 0.191 e. The highest BCUT2D eigenvalue weighted by atomic mass is 127. The molecule has 23 heavy (non-hydrogen) atoms. The van der Waals surface area contributed by atoms with E-state index in [1.54, 1.807) is 0 Å². The van der Waals surface area contributed by atoms with Gasteiger partial charge in [0.1, 0.15) is 0 Å². The first kappa shape index (κ1) is 20.0. The Bertz CT molecular complexity index is 520. The summed E-state index contributed by atoms with van der Waals surface area (Å²) in [4.78, 5) is 6.61. The lowest BCUT2D eigenvalue weighted by atomic mass is 10.1. The molecule has 0 spiro atoms. The van der Waals surface area contributed by atoms with Crippen LogP contribution in [-0.4, -0.2) is 37.5 Å². The van der Waals surface area contributed by atoms with Crippen LogP contribution in [0.5, 0.6) is 0 Å². The molecule has 4 nitrogen and oxygen atoms in total. The summed E-state index contributed by atoms with van der Waals surface area (Å²) in [7, 11) is 3.97. The van der Waals surface area contributed by atoms with Crippen LogP contribution in [0.15, 0.2) is 41.4 Å². The lowest BCUT2D eigenvalue weighted by Crippen LogP contribution is -2.42. The standard InChI is InChI=1S/C18H28N4.HI/c1-4-22(3)14-16-9-7-8-15(12-16)13-20-18(19-2)21-17-10-5-6-11-17;/h5-9,12,17H,4,10-11,13-14H2,1-3H3,(H2,19,20,21);1H. The van der Waals surface area contributed by atoms with Gasteiger partial charge in [-0.1, -0.05) is 43.3 Å². The largest absolute Gasteiger partial charge is 0.353 e. The van der Waals surface area contributed by atoms with Crippen LogP contribution < -0.4 is 10.6 Å². The summed E-state index contributed by atoms with van der Waals surface area (Å²) in [6, 6.07) is 9.23. The van der Waals surface area contributed by atoms with Gasteiger partial charge in [0, 0.05) is 26.2 Å². The van der Waals surface area contributed by atoms with Crippen LogP contribution in [0.25, 0.3) is 0 Å². The zero-order chi connectivity index (χ0) is 15.8. The molecule has 128 valence electrons. The van der Waals surface area contributed by atoms with Gasteiger partial charge in [-0.2, -0.15) is 0 Å². The van der Waals surface area contributed by atoms with Gasteiger partial charge in [-0.25, -0.2) is 0 Å². The smallest absolute Gasteiger partial charge is 0.191 e. The summed E-state index contributed by atoms with van der Waals surface area (Å²) in [5, 5.41) is 6.86. The molecule has 0 radical (unpaired) electrons. The van der Waals surface area contributed by atoms with Crippen molar-refractivity contribution in [3.8, 4) is 0 Å². The first-order chi connectivity index (χ1) is 10.7. The summed E-state index contributed by atoms with van der Waals surface area (Å²) in [5.74, 6) is 0.879. The highest BCUT2D eigenvalue weighted by molar-refractivity contribution is 14.0. The van der Waals surface area contributed by atoms with Crippen molar-refractivity contribution < 1.29 is 0 Å². The fourth-order valence-corrected chi connectivity index (χ4v) is 2.57. The van der Waals surface area contributed by atoms with E-state index in [1.807, 2.05) is 7.05 Å². The lowest BCUT2D eigenvalue weighted by molar-refractivity contribution is 0.345. The molecule has 0 fully saturated rings. The monoisotopic (exact) mass is 428 g/mol. The SMILES string of the molecule is CCN(C)Cc1cccc(CNC(=NC)NC2CC=CC2)c1.I. The molecule has 0 saturated carbocycles. The Morgan fingerprint density at radius 1 is 1.26 bits per heavy atom. The molecule has 2 N–H and O–H groups in total. The molecule has 2 rings (SSSR count). The third kappa shape index (κ3) is 6.91. The summed E-state index contributed by atoms with van der Waals surface area (Å²) in [5.41, 5.74) is 2.64. The molecule has 1 aromatic carbocycles. The maximum absolute atomic E-state index is 4.31. The molecule has 5 heteroatoms. The second-order valence-corrected chi connectivity index (χ2v) is 5.86. The van der Waals surface area contributed by atoms with Gasteiger partial charge in [-0.15, -0.1) is 24.0 Å². The van der Waals surface area contributed by atoms with Crippen molar-refractivity contribution in [3.63, 3.8) is 0 Å². The van der Waals surface area contributed by atoms with E-state index in [2.05, 4.69) is 70.9 Å². The van der Waals surface area contributed by atoms with Crippen molar-refractivity contribution in [2.45, 2.75) is 38.9 Å². The second-order valence-electron chi connectivity index (χ2n) is 5.86. The van der Waals surface area contributed by atoms with E-state index in [1.165, 1.54) is 11.1 Å². The Hall–Kier alpha value is -1.08. The van der Waals surface area contributed by atoms with Gasteiger partial charge >= 0.3 is 0 Å². The molecule has 0 saturated heterocycles. The van der Waals surface area contributed by atoms with E-state index < -0.39 is 0 Å². The fourth-order valence-electron chi connectivity index (χ4n) is 2.57. The Morgan fingerprint density at radius 3 is 2.61 bits per heavy atom. The molecular weight excluding hydrogens is 399 g/mol. The molecule has 0 aromatic heterocycles. The number of nitrogens with zero attached hydrogens (tertiary/aromatic N) is 2. The van der Waals surface area contributed by atoms with Crippen molar-refractivity contribution in [3.05, 3.63) is 47.5 Å². The van der Waals surface area contributed by atoms with Gasteiger partial charge in [-0.3, -0.25) is 4.99 Å². The Kier molecular flexibility index (Phi) is 9.24. The predicted molar refractivity (Wildman–Crippen MR) is 109 cm³/mol. The lowest BCUT2D eigenvalue weighted by Gasteiger charge is -2.18. The van der Waals surface area contributed by atoms with Crippen molar-refractivity contribution in [2.75, 3.05) is 20.6 Å². The van der Waals surface area contributed by atoms with Crippen LogP contribution in [0.3, 0.4) is 0 Å². The van der Waals surface area contributed by atoms with Crippen molar-refractivity contribution in [1.82, 2.24) is 15.5 Å². The molecule has 0 aliphatic heterocycles. The van der Waals surface area contributed by atoms with Crippen molar-refractivity contribution >= 4 is 29.9 Å². The topological polar surface area (TPSA) is 39.7 Å². The molecule has 0 unspecified atom stereocenters. The molecule has 0 amide bonds. The predicted octanol–water partition coefficient (Wildman–Crippen LogP) is 3.14. The van der Waals surface area contributed by atoms with E-state index in [0.29, 0.717) is 6.04 Å². The molecular formula is C18H29IN4. The number of rotatable bonds is 6. The summed E-state index contributed by atoms with van der Waals surface area (Å²) >= 11 is 0. The van der Waals surface area contributed by atoms with Crippen LogP contribution in [0.4, 0.5) is 0 Å². The number of hydrogen-bond donors (Lipinski definition) is 2. The fraction of sp³-hybridized carbons (Fsp3) is 0.500. The molecule has 0 bridgehead atoms. The van der Waals surface area contributed by atoms with Crippen molar-refractivity contribution in [2.24, 2.45) is 4.99 Å². The number of halogens is 1. The molecule has 1 aromatic rings. The number of benzene rings is 1. The maximum atomic E-state index is 4.31. The minimum atomic E-state index is 0. The van der Waals surface area contributed by atoms with Crippen LogP contribution in [0.1, 0.15) is 30.9 Å². The minimum Gasteiger partial charge on any atom is -0.353 e. The van der Waals surface area contributed by atoms with E-state index in [0.717, 1.165) is 38.4 Å². The number of hydrogen-bond acceptors (Lipinski definition) is 2. The molecule has 1 aliphatic rings. The first-order valence-electron chi connectivity index (χ1n) is 8.09. The van der Waals surface area contributed by atoms with Crippen molar-refractivity contribution in [1.29, 1.82) is 0 Å². The normalized spacial score (nSPS) is 14.9. The average Bonchev–Trinajstić information content (AvgIpc) is 3.04. The average molecular weight is 428 g/mol. The van der Waals surface area contributed by atoms with Gasteiger partial charge in [0.15, 0.2) is 5.96 Å². The Labute approximate surface area is 157 Å². The van der Waals surface area contributed by atoms with Crippen LogP contribution in [0, 0.1) is 0 Å². The van der Waals surface area contributed by atoms with Gasteiger partial charge in [-0.05, 0) is 37.6 Å². The minimum absolute atomic E-state index is 0.